The maximum absolute atomic E-state index is 13.2. The first kappa shape index (κ1) is 30.0. The Hall–Kier alpha value is -3.47. The lowest BCUT2D eigenvalue weighted by Crippen LogP contribution is -2.51. The molecule has 0 atom stereocenters. The number of ether oxygens (including phenoxy) is 2. The Balaban J connectivity index is 1.24. The van der Waals surface area contributed by atoms with Crippen LogP contribution >= 0.6 is 39.3 Å². The fraction of sp³-hybridized carbons (Fsp3) is 0.258. The first-order valence-electron chi connectivity index (χ1n) is 13.5. The first-order valence-corrected chi connectivity index (χ1v) is 15.5. The van der Waals surface area contributed by atoms with Crippen molar-refractivity contribution in [1.29, 1.82) is 0 Å². The fourth-order valence-corrected chi connectivity index (χ4v) is 6.22. The van der Waals surface area contributed by atoms with Gasteiger partial charge in [-0.2, -0.15) is 0 Å². The summed E-state index contributed by atoms with van der Waals surface area (Å²) in [5, 5.41) is 0.185. The molecule has 2 aliphatic rings. The summed E-state index contributed by atoms with van der Waals surface area (Å²) < 4.78 is 12.5. The Kier molecular flexibility index (Phi) is 9.76. The van der Waals surface area contributed by atoms with Gasteiger partial charge < -0.3 is 19.3 Å². The minimum atomic E-state index is -0.488. The van der Waals surface area contributed by atoms with E-state index in [0.29, 0.717) is 66.0 Å². The summed E-state index contributed by atoms with van der Waals surface area (Å²) in [5.41, 5.74) is 2.71. The number of amides is 3. The van der Waals surface area contributed by atoms with Crippen LogP contribution in [0.15, 0.2) is 76.1 Å². The molecule has 3 aromatic rings. The summed E-state index contributed by atoms with van der Waals surface area (Å²) in [6.07, 6.45) is 1.63. The number of benzene rings is 3. The average Bonchev–Trinajstić information content (AvgIpc) is 3.25. The van der Waals surface area contributed by atoms with Crippen LogP contribution in [-0.2, 0) is 16.2 Å². The van der Waals surface area contributed by atoms with Gasteiger partial charge >= 0.3 is 0 Å². The van der Waals surface area contributed by atoms with Crippen LogP contribution in [0.2, 0.25) is 5.02 Å². The van der Waals surface area contributed by atoms with Gasteiger partial charge in [0.1, 0.15) is 13.2 Å². The molecule has 2 heterocycles. The summed E-state index contributed by atoms with van der Waals surface area (Å²) in [5.74, 6) is 0.291. The fourth-order valence-electron chi connectivity index (χ4n) is 4.69. The monoisotopic (exact) mass is 669 g/mol. The number of carbonyl (C=O) groups is 3. The molecular formula is C31H29BrClN3O5S. The Morgan fingerprint density at radius 1 is 1.00 bits per heavy atom. The van der Waals surface area contributed by atoms with E-state index in [9.17, 15) is 14.4 Å². The third-order valence-corrected chi connectivity index (χ3v) is 8.59. The molecular weight excluding hydrogens is 642 g/mol. The first-order chi connectivity index (χ1) is 20.3. The lowest BCUT2D eigenvalue weighted by atomic mass is 10.1. The van der Waals surface area contributed by atoms with E-state index in [-0.39, 0.29) is 17.4 Å². The molecule has 0 radical (unpaired) electrons. The summed E-state index contributed by atoms with van der Waals surface area (Å²) in [7, 11) is 0. The highest BCUT2D eigenvalue weighted by molar-refractivity contribution is 9.10. The third kappa shape index (κ3) is 7.11. The van der Waals surface area contributed by atoms with Crippen molar-refractivity contribution in [2.24, 2.45) is 0 Å². The van der Waals surface area contributed by atoms with Gasteiger partial charge in [-0.05, 0) is 88.2 Å². The molecule has 2 aliphatic heterocycles. The van der Waals surface area contributed by atoms with Gasteiger partial charge in [-0.15, -0.1) is 0 Å². The number of piperazine rings is 1. The molecule has 0 unspecified atom stereocenters. The number of carbonyl (C=O) groups excluding carboxylic acids is 3. The topological polar surface area (TPSA) is 79.4 Å². The van der Waals surface area contributed by atoms with Crippen LogP contribution in [0.1, 0.15) is 18.1 Å². The molecule has 0 aromatic heterocycles. The van der Waals surface area contributed by atoms with E-state index in [2.05, 4.69) is 20.8 Å². The molecule has 0 spiro atoms. The van der Waals surface area contributed by atoms with E-state index < -0.39 is 11.1 Å². The highest BCUT2D eigenvalue weighted by Crippen LogP contribution is 2.40. The summed E-state index contributed by atoms with van der Waals surface area (Å²) >= 11 is 10.4. The SMILES string of the molecule is CCOc1cc(/C=C2/SC(=O)N(CC(=O)N3CCN(c4ccccc4)CC3)C2=O)cc(Br)c1OCc1ccc(Cl)cc1. The molecule has 3 amide bonds. The molecule has 0 N–H and O–H groups in total. The quantitative estimate of drug-likeness (QED) is 0.242. The van der Waals surface area contributed by atoms with Gasteiger partial charge in [0.25, 0.3) is 11.1 Å². The van der Waals surface area contributed by atoms with Crippen LogP contribution in [0.25, 0.3) is 6.08 Å². The Morgan fingerprint density at radius 2 is 1.71 bits per heavy atom. The van der Waals surface area contributed by atoms with Crippen molar-refractivity contribution >= 4 is 68.1 Å². The van der Waals surface area contributed by atoms with Crippen molar-refractivity contribution < 1.29 is 23.9 Å². The van der Waals surface area contributed by atoms with Crippen LogP contribution in [0, 0.1) is 0 Å². The Labute approximate surface area is 262 Å². The second kappa shape index (κ2) is 13.7. The maximum atomic E-state index is 13.2. The lowest BCUT2D eigenvalue weighted by Gasteiger charge is -2.36. The predicted molar refractivity (Wildman–Crippen MR) is 169 cm³/mol. The van der Waals surface area contributed by atoms with E-state index in [1.54, 1.807) is 35.2 Å². The number of hydrogen-bond donors (Lipinski definition) is 0. The summed E-state index contributed by atoms with van der Waals surface area (Å²) in [6, 6.07) is 21.0. The highest BCUT2D eigenvalue weighted by Gasteiger charge is 2.37. The molecule has 0 aliphatic carbocycles. The zero-order valence-corrected chi connectivity index (χ0v) is 26.1. The van der Waals surface area contributed by atoms with Crippen molar-refractivity contribution in [2.45, 2.75) is 13.5 Å². The maximum Gasteiger partial charge on any atom is 0.294 e. The largest absolute Gasteiger partial charge is 0.490 e. The zero-order chi connectivity index (χ0) is 29.6. The van der Waals surface area contributed by atoms with Gasteiger partial charge in [-0.1, -0.05) is 41.9 Å². The van der Waals surface area contributed by atoms with E-state index in [1.165, 1.54) is 0 Å². The second-order valence-electron chi connectivity index (χ2n) is 9.65. The number of rotatable bonds is 9. The Bertz CT molecular complexity index is 1490. The van der Waals surface area contributed by atoms with Gasteiger partial charge in [-0.3, -0.25) is 19.3 Å². The Morgan fingerprint density at radius 3 is 2.40 bits per heavy atom. The molecule has 8 nitrogen and oxygen atoms in total. The standard InChI is InChI=1S/C31H29BrClN3O5S/c1-2-40-26-17-22(16-25(32)29(26)41-20-21-8-10-23(33)11-9-21)18-27-30(38)36(31(39)42-27)19-28(37)35-14-12-34(13-15-35)24-6-4-3-5-7-24/h3-11,16-18H,2,12-15,19-20H2,1H3/b27-18+. The molecule has 2 fully saturated rings. The van der Waals surface area contributed by atoms with Gasteiger partial charge in [-0.25, -0.2) is 0 Å². The van der Waals surface area contributed by atoms with Crippen LogP contribution < -0.4 is 14.4 Å². The zero-order valence-electron chi connectivity index (χ0n) is 22.9. The molecule has 218 valence electrons. The summed E-state index contributed by atoms with van der Waals surface area (Å²) in [4.78, 5) is 44.1. The van der Waals surface area contributed by atoms with Crippen LogP contribution in [0.5, 0.6) is 11.5 Å². The summed E-state index contributed by atoms with van der Waals surface area (Å²) in [6.45, 7) is 4.74. The number of thioether (sulfide) groups is 1. The average molecular weight is 671 g/mol. The molecule has 5 rings (SSSR count). The van der Waals surface area contributed by atoms with Crippen LogP contribution in [0.4, 0.5) is 10.5 Å². The number of hydrogen-bond acceptors (Lipinski definition) is 7. The molecule has 0 saturated carbocycles. The van der Waals surface area contributed by atoms with Crippen molar-refractivity contribution in [1.82, 2.24) is 9.80 Å². The normalized spacial score (nSPS) is 16.4. The molecule has 2 saturated heterocycles. The molecule has 0 bridgehead atoms. The van der Waals surface area contributed by atoms with Gasteiger partial charge in [0.2, 0.25) is 5.91 Å². The number of anilines is 1. The minimum Gasteiger partial charge on any atom is -0.490 e. The minimum absolute atomic E-state index is 0.241. The smallest absolute Gasteiger partial charge is 0.294 e. The van der Waals surface area contributed by atoms with Gasteiger partial charge in [0.05, 0.1) is 16.0 Å². The van der Waals surface area contributed by atoms with E-state index in [1.807, 2.05) is 49.4 Å². The van der Waals surface area contributed by atoms with Crippen molar-refractivity contribution in [3.05, 3.63) is 92.3 Å². The number of para-hydroxylation sites is 1. The van der Waals surface area contributed by atoms with E-state index >= 15 is 0 Å². The lowest BCUT2D eigenvalue weighted by molar-refractivity contribution is -0.136. The van der Waals surface area contributed by atoms with E-state index in [0.717, 1.165) is 27.9 Å². The van der Waals surface area contributed by atoms with Gasteiger partial charge in [0.15, 0.2) is 11.5 Å². The van der Waals surface area contributed by atoms with Crippen LogP contribution in [-0.4, -0.2) is 66.2 Å². The molecule has 42 heavy (non-hydrogen) atoms. The molecule has 3 aromatic carbocycles. The highest BCUT2D eigenvalue weighted by atomic mass is 79.9. The second-order valence-corrected chi connectivity index (χ2v) is 11.9. The van der Waals surface area contributed by atoms with Gasteiger partial charge in [0, 0.05) is 36.9 Å². The van der Waals surface area contributed by atoms with E-state index in [4.69, 9.17) is 21.1 Å². The number of nitrogens with zero attached hydrogens (tertiary/aromatic N) is 3. The van der Waals surface area contributed by atoms with Crippen molar-refractivity contribution in [3.63, 3.8) is 0 Å². The third-order valence-electron chi connectivity index (χ3n) is 6.85. The van der Waals surface area contributed by atoms with Crippen molar-refractivity contribution in [2.75, 3.05) is 44.2 Å². The number of halogens is 2. The van der Waals surface area contributed by atoms with Crippen LogP contribution in [0.3, 0.4) is 0 Å². The van der Waals surface area contributed by atoms with Crippen molar-refractivity contribution in [3.8, 4) is 11.5 Å². The molecule has 11 heteroatoms. The predicted octanol–water partition coefficient (Wildman–Crippen LogP) is 6.47. The number of imide groups is 1.